The van der Waals surface area contributed by atoms with Gasteiger partial charge in [0.05, 0.1) is 0 Å². The van der Waals surface area contributed by atoms with Crippen LogP contribution in [-0.2, 0) is 12.8 Å². The molecule has 0 saturated carbocycles. The number of benzene rings is 1. The van der Waals surface area contributed by atoms with E-state index in [9.17, 15) is 4.79 Å². The monoisotopic (exact) mass is 205 g/mol. The van der Waals surface area contributed by atoms with E-state index in [-0.39, 0.29) is 0 Å². The molecule has 0 unspecified atom stereocenters. The first-order chi connectivity index (χ1) is 7.24. The molecule has 0 saturated heterocycles. The third-order valence-electron chi connectivity index (χ3n) is 2.13. The summed E-state index contributed by atoms with van der Waals surface area (Å²) >= 11 is 0. The van der Waals surface area contributed by atoms with E-state index < -0.39 is 5.82 Å². The summed E-state index contributed by atoms with van der Waals surface area (Å²) in [6.07, 6.45) is 1.37. The Kier molecular flexibility index (Phi) is 2.67. The van der Waals surface area contributed by atoms with Crippen molar-refractivity contribution < 1.29 is 8.94 Å². The Hall–Kier alpha value is -1.84. The summed E-state index contributed by atoms with van der Waals surface area (Å²) in [7, 11) is 0. The van der Waals surface area contributed by atoms with E-state index in [0.29, 0.717) is 12.3 Å². The molecule has 4 heteroatoms. The van der Waals surface area contributed by atoms with Gasteiger partial charge in [-0.15, -0.1) is 0 Å². The van der Waals surface area contributed by atoms with Crippen LogP contribution >= 0.6 is 0 Å². The Balaban J connectivity index is 2.02. The second-order valence-corrected chi connectivity index (χ2v) is 3.42. The average molecular weight is 205 g/mol. The van der Waals surface area contributed by atoms with Crippen LogP contribution in [0.4, 0.5) is 0 Å². The maximum atomic E-state index is 10.6. The van der Waals surface area contributed by atoms with Gasteiger partial charge in [0.2, 0.25) is 5.89 Å². The molecule has 0 amide bonds. The van der Waals surface area contributed by atoms with Gasteiger partial charge in [-0.25, -0.2) is 4.79 Å². The topological polar surface area (TPSA) is 56.2 Å². The summed E-state index contributed by atoms with van der Waals surface area (Å²) < 4.78 is 9.01. The average Bonchev–Trinajstić information content (AvgIpc) is 2.62. The number of hydrogen-bond donors (Lipinski definition) is 0. The number of aromatic nitrogens is 1. The van der Waals surface area contributed by atoms with Gasteiger partial charge in [0.15, 0.2) is 0 Å². The van der Waals surface area contributed by atoms with Gasteiger partial charge in [-0.05, 0) is 24.1 Å². The van der Waals surface area contributed by atoms with Crippen LogP contribution in [0.1, 0.15) is 17.0 Å². The van der Waals surface area contributed by atoms with Crippen LogP contribution in [0.5, 0.6) is 0 Å². The molecule has 0 atom stereocenters. The molecule has 0 aliphatic rings. The minimum Gasteiger partial charge on any atom is -0.375 e. The zero-order valence-corrected chi connectivity index (χ0v) is 8.40. The fourth-order valence-electron chi connectivity index (χ4n) is 1.44. The molecule has 0 bridgehead atoms. The Morgan fingerprint density at radius 3 is 2.87 bits per heavy atom. The van der Waals surface area contributed by atoms with Crippen LogP contribution in [0.2, 0.25) is 0 Å². The lowest BCUT2D eigenvalue weighted by Crippen LogP contribution is -1.92. The van der Waals surface area contributed by atoms with Crippen molar-refractivity contribution in [2.75, 3.05) is 0 Å². The Bertz CT molecular complexity index is 498. The molecule has 2 rings (SSSR count). The van der Waals surface area contributed by atoms with Crippen molar-refractivity contribution in [2.24, 2.45) is 0 Å². The Morgan fingerprint density at radius 1 is 1.33 bits per heavy atom. The molecule has 78 valence electrons. The standard InChI is InChI=1S/C11H11NO3/c1-8-3-2-4-9(7-8)5-6-10-12-15-11(13)14-10/h2-4,7H,5-6H2,1H3. The van der Waals surface area contributed by atoms with Crippen LogP contribution in [0.15, 0.2) is 38.0 Å². The maximum absolute atomic E-state index is 10.6. The van der Waals surface area contributed by atoms with Crippen molar-refractivity contribution in [1.29, 1.82) is 0 Å². The molecule has 2 aromatic rings. The summed E-state index contributed by atoms with van der Waals surface area (Å²) in [6.45, 7) is 2.04. The van der Waals surface area contributed by atoms with Gasteiger partial charge in [0.25, 0.3) is 0 Å². The third-order valence-corrected chi connectivity index (χ3v) is 2.13. The quantitative estimate of drug-likeness (QED) is 0.765. The van der Waals surface area contributed by atoms with Crippen LogP contribution in [0.3, 0.4) is 0 Å². The van der Waals surface area contributed by atoms with Gasteiger partial charge in [-0.3, -0.25) is 4.52 Å². The third kappa shape index (κ3) is 2.56. The van der Waals surface area contributed by atoms with Gasteiger partial charge >= 0.3 is 5.82 Å². The summed E-state index contributed by atoms with van der Waals surface area (Å²) in [5.74, 6) is -0.393. The minimum absolute atomic E-state index is 0.349. The number of aryl methyl sites for hydroxylation is 3. The minimum atomic E-state index is -0.741. The Labute approximate surface area is 86.5 Å². The first-order valence-electron chi connectivity index (χ1n) is 4.75. The molecule has 1 aromatic carbocycles. The lowest BCUT2D eigenvalue weighted by molar-refractivity contribution is 0.334. The van der Waals surface area contributed by atoms with E-state index in [1.165, 1.54) is 11.1 Å². The first kappa shape index (κ1) is 9.71. The molecule has 1 heterocycles. The highest BCUT2D eigenvalue weighted by atomic mass is 16.6. The highest BCUT2D eigenvalue weighted by molar-refractivity contribution is 5.22. The zero-order valence-electron chi connectivity index (χ0n) is 8.40. The number of hydrogen-bond acceptors (Lipinski definition) is 4. The van der Waals surface area contributed by atoms with Crippen LogP contribution < -0.4 is 5.82 Å². The summed E-state index contributed by atoms with van der Waals surface area (Å²) in [6, 6.07) is 8.17. The van der Waals surface area contributed by atoms with Crippen molar-refractivity contribution in [3.63, 3.8) is 0 Å². The number of nitrogens with zero attached hydrogens (tertiary/aromatic N) is 1. The highest BCUT2D eigenvalue weighted by Crippen LogP contribution is 2.07. The van der Waals surface area contributed by atoms with E-state index in [1.54, 1.807) is 0 Å². The molecule has 0 aliphatic carbocycles. The van der Waals surface area contributed by atoms with Crippen LogP contribution in [0, 0.1) is 6.92 Å². The van der Waals surface area contributed by atoms with E-state index in [4.69, 9.17) is 4.42 Å². The molecular formula is C11H11NO3. The summed E-state index contributed by atoms with van der Waals surface area (Å²) in [5.41, 5.74) is 2.41. The summed E-state index contributed by atoms with van der Waals surface area (Å²) in [4.78, 5) is 10.6. The van der Waals surface area contributed by atoms with E-state index >= 15 is 0 Å². The van der Waals surface area contributed by atoms with Gasteiger partial charge in [0.1, 0.15) is 0 Å². The second-order valence-electron chi connectivity index (χ2n) is 3.42. The van der Waals surface area contributed by atoms with Gasteiger partial charge in [-0.1, -0.05) is 29.8 Å². The zero-order chi connectivity index (χ0) is 10.7. The van der Waals surface area contributed by atoms with Crippen molar-refractivity contribution >= 4 is 0 Å². The van der Waals surface area contributed by atoms with Crippen LogP contribution in [-0.4, -0.2) is 5.16 Å². The van der Waals surface area contributed by atoms with E-state index in [2.05, 4.69) is 15.7 Å². The van der Waals surface area contributed by atoms with Gasteiger partial charge in [0, 0.05) is 6.42 Å². The van der Waals surface area contributed by atoms with E-state index in [0.717, 1.165) is 6.42 Å². The lowest BCUT2D eigenvalue weighted by Gasteiger charge is -1.99. The second kappa shape index (κ2) is 4.13. The smallest absolute Gasteiger partial charge is 0.375 e. The predicted octanol–water partition coefficient (Wildman–Crippen LogP) is 1.72. The predicted molar refractivity (Wildman–Crippen MR) is 53.6 cm³/mol. The van der Waals surface area contributed by atoms with Crippen molar-refractivity contribution in [3.05, 3.63) is 51.9 Å². The molecule has 0 aliphatic heterocycles. The number of rotatable bonds is 3. The van der Waals surface area contributed by atoms with Crippen molar-refractivity contribution in [2.45, 2.75) is 19.8 Å². The molecule has 4 nitrogen and oxygen atoms in total. The van der Waals surface area contributed by atoms with E-state index in [1.807, 2.05) is 25.1 Å². The fraction of sp³-hybridized carbons (Fsp3) is 0.273. The fourth-order valence-corrected chi connectivity index (χ4v) is 1.44. The first-order valence-corrected chi connectivity index (χ1v) is 4.75. The lowest BCUT2D eigenvalue weighted by atomic mass is 10.1. The molecule has 0 fully saturated rings. The molecule has 0 spiro atoms. The highest BCUT2D eigenvalue weighted by Gasteiger charge is 2.03. The van der Waals surface area contributed by atoms with Crippen LogP contribution in [0.25, 0.3) is 0 Å². The van der Waals surface area contributed by atoms with Gasteiger partial charge < -0.3 is 4.42 Å². The maximum Gasteiger partial charge on any atom is 0.542 e. The van der Waals surface area contributed by atoms with Gasteiger partial charge in [-0.2, -0.15) is 0 Å². The molecule has 0 N–H and O–H groups in total. The molecule has 1 aromatic heterocycles. The van der Waals surface area contributed by atoms with Crippen molar-refractivity contribution in [3.8, 4) is 0 Å². The Morgan fingerprint density at radius 2 is 2.20 bits per heavy atom. The summed E-state index contributed by atoms with van der Waals surface area (Å²) in [5, 5.41) is 3.50. The molecule has 0 radical (unpaired) electrons. The van der Waals surface area contributed by atoms with Crippen molar-refractivity contribution in [1.82, 2.24) is 5.16 Å². The molecular weight excluding hydrogens is 194 g/mol. The SMILES string of the molecule is Cc1cccc(CCc2noc(=O)o2)c1. The normalized spacial score (nSPS) is 10.5. The molecule has 15 heavy (non-hydrogen) atoms. The largest absolute Gasteiger partial charge is 0.542 e.